The normalized spacial score (nSPS) is 17.2. The van der Waals surface area contributed by atoms with E-state index in [-0.39, 0.29) is 5.97 Å². The molecule has 0 unspecified atom stereocenters. The molecule has 1 aliphatic rings. The van der Waals surface area contributed by atoms with Gasteiger partial charge in [0.2, 0.25) is 0 Å². The standard InChI is InChI=1S/C14H14O3/c1-16-14(15)10-12-8-5-9-13(17-12)11-6-3-2-4-7-11/h2-4,6-7,9-10H,5,8H2,1H3/b12-10-. The Balaban J connectivity index is 2.15. The summed E-state index contributed by atoms with van der Waals surface area (Å²) in [5, 5.41) is 0. The van der Waals surface area contributed by atoms with E-state index >= 15 is 0 Å². The molecule has 0 saturated carbocycles. The molecule has 0 fully saturated rings. The minimum absolute atomic E-state index is 0.380. The van der Waals surface area contributed by atoms with Crippen molar-refractivity contribution in [3.8, 4) is 0 Å². The van der Waals surface area contributed by atoms with Crippen molar-refractivity contribution in [3.05, 3.63) is 53.8 Å². The molecular formula is C14H14O3. The highest BCUT2D eigenvalue weighted by atomic mass is 16.5. The van der Waals surface area contributed by atoms with Gasteiger partial charge in [0, 0.05) is 12.0 Å². The number of rotatable bonds is 2. The van der Waals surface area contributed by atoms with Gasteiger partial charge in [-0.05, 0) is 12.5 Å². The molecule has 0 aromatic heterocycles. The zero-order valence-corrected chi connectivity index (χ0v) is 9.68. The molecular weight excluding hydrogens is 216 g/mol. The minimum atomic E-state index is -0.380. The highest BCUT2D eigenvalue weighted by Crippen LogP contribution is 2.27. The zero-order valence-electron chi connectivity index (χ0n) is 9.68. The summed E-state index contributed by atoms with van der Waals surface area (Å²) in [5.74, 6) is 1.07. The maximum atomic E-state index is 11.1. The van der Waals surface area contributed by atoms with Gasteiger partial charge in [-0.15, -0.1) is 0 Å². The molecule has 3 heteroatoms. The fraction of sp³-hybridized carbons (Fsp3) is 0.214. The van der Waals surface area contributed by atoms with Crippen LogP contribution in [0.2, 0.25) is 0 Å². The molecule has 2 rings (SSSR count). The van der Waals surface area contributed by atoms with Gasteiger partial charge < -0.3 is 9.47 Å². The van der Waals surface area contributed by atoms with Crippen molar-refractivity contribution in [2.45, 2.75) is 12.8 Å². The van der Waals surface area contributed by atoms with Crippen LogP contribution >= 0.6 is 0 Å². The fourth-order valence-corrected chi connectivity index (χ4v) is 1.65. The van der Waals surface area contributed by atoms with E-state index in [1.165, 1.54) is 13.2 Å². The summed E-state index contributed by atoms with van der Waals surface area (Å²) in [6.45, 7) is 0. The second-order valence-electron chi connectivity index (χ2n) is 3.71. The van der Waals surface area contributed by atoms with Gasteiger partial charge in [-0.1, -0.05) is 30.3 Å². The van der Waals surface area contributed by atoms with E-state index < -0.39 is 0 Å². The summed E-state index contributed by atoms with van der Waals surface area (Å²) in [7, 11) is 1.36. The Kier molecular flexibility index (Phi) is 3.60. The molecule has 1 aromatic carbocycles. The lowest BCUT2D eigenvalue weighted by Gasteiger charge is -2.17. The molecule has 0 N–H and O–H groups in total. The summed E-state index contributed by atoms with van der Waals surface area (Å²) in [6.07, 6.45) is 5.03. The average molecular weight is 230 g/mol. The first-order chi connectivity index (χ1) is 8.29. The van der Waals surface area contributed by atoms with E-state index in [2.05, 4.69) is 4.74 Å². The van der Waals surface area contributed by atoms with Gasteiger partial charge in [-0.25, -0.2) is 4.79 Å². The van der Waals surface area contributed by atoms with E-state index in [1.807, 2.05) is 36.4 Å². The predicted octanol–water partition coefficient (Wildman–Crippen LogP) is 2.89. The van der Waals surface area contributed by atoms with Crippen LogP contribution in [-0.4, -0.2) is 13.1 Å². The van der Waals surface area contributed by atoms with Crippen LogP contribution in [0.1, 0.15) is 18.4 Å². The van der Waals surface area contributed by atoms with Crippen molar-refractivity contribution in [2.75, 3.05) is 7.11 Å². The summed E-state index contributed by atoms with van der Waals surface area (Å²) in [5.41, 5.74) is 1.02. The largest absolute Gasteiger partial charge is 0.466 e. The fourth-order valence-electron chi connectivity index (χ4n) is 1.65. The molecule has 1 aliphatic heterocycles. The molecule has 0 saturated heterocycles. The van der Waals surface area contributed by atoms with Crippen LogP contribution in [0.3, 0.4) is 0 Å². The number of esters is 1. The van der Waals surface area contributed by atoms with Crippen LogP contribution in [0, 0.1) is 0 Å². The van der Waals surface area contributed by atoms with E-state index in [1.54, 1.807) is 0 Å². The third kappa shape index (κ3) is 2.97. The van der Waals surface area contributed by atoms with Gasteiger partial charge >= 0.3 is 5.97 Å². The molecule has 1 heterocycles. The third-order valence-electron chi connectivity index (χ3n) is 2.50. The molecule has 3 nitrogen and oxygen atoms in total. The van der Waals surface area contributed by atoms with Crippen molar-refractivity contribution >= 4 is 11.7 Å². The topological polar surface area (TPSA) is 35.5 Å². The molecule has 0 atom stereocenters. The monoisotopic (exact) mass is 230 g/mol. The van der Waals surface area contributed by atoms with Crippen LogP contribution in [-0.2, 0) is 14.3 Å². The summed E-state index contributed by atoms with van der Waals surface area (Å²) in [6, 6.07) is 9.83. The van der Waals surface area contributed by atoms with Gasteiger partial charge in [-0.2, -0.15) is 0 Å². The number of carbonyl (C=O) groups is 1. The Morgan fingerprint density at radius 3 is 2.82 bits per heavy atom. The summed E-state index contributed by atoms with van der Waals surface area (Å²) >= 11 is 0. The van der Waals surface area contributed by atoms with E-state index in [0.29, 0.717) is 5.76 Å². The first kappa shape index (κ1) is 11.5. The number of ether oxygens (including phenoxy) is 2. The number of carbonyl (C=O) groups excluding carboxylic acids is 1. The highest BCUT2D eigenvalue weighted by Gasteiger charge is 2.12. The van der Waals surface area contributed by atoms with Gasteiger partial charge in [0.15, 0.2) is 0 Å². The number of allylic oxidation sites excluding steroid dienone is 2. The molecule has 0 bridgehead atoms. The van der Waals surface area contributed by atoms with Crippen molar-refractivity contribution < 1.29 is 14.3 Å². The number of benzene rings is 1. The van der Waals surface area contributed by atoms with Gasteiger partial charge in [0.1, 0.15) is 11.5 Å². The van der Waals surface area contributed by atoms with Crippen LogP contribution in [0.15, 0.2) is 48.2 Å². The van der Waals surface area contributed by atoms with Crippen molar-refractivity contribution in [1.29, 1.82) is 0 Å². The zero-order chi connectivity index (χ0) is 12.1. The van der Waals surface area contributed by atoms with Gasteiger partial charge in [0.05, 0.1) is 13.2 Å². The number of hydrogen-bond acceptors (Lipinski definition) is 3. The summed E-state index contributed by atoms with van der Waals surface area (Å²) < 4.78 is 10.2. The van der Waals surface area contributed by atoms with Gasteiger partial charge in [-0.3, -0.25) is 0 Å². The SMILES string of the molecule is COC(=O)/C=C1/CCC=C(c2ccccc2)O1. The quantitative estimate of drug-likeness (QED) is 0.579. The Bertz CT molecular complexity index is 458. The molecule has 0 aliphatic carbocycles. The number of hydrogen-bond donors (Lipinski definition) is 0. The van der Waals surface area contributed by atoms with E-state index in [4.69, 9.17) is 4.74 Å². The Labute approximate surface area is 100 Å². The van der Waals surface area contributed by atoms with Gasteiger partial charge in [0.25, 0.3) is 0 Å². The highest BCUT2D eigenvalue weighted by molar-refractivity contribution is 5.82. The number of methoxy groups -OCH3 is 1. The molecule has 0 amide bonds. The van der Waals surface area contributed by atoms with Crippen molar-refractivity contribution in [2.24, 2.45) is 0 Å². The first-order valence-electron chi connectivity index (χ1n) is 5.51. The van der Waals surface area contributed by atoms with Crippen LogP contribution in [0.4, 0.5) is 0 Å². The van der Waals surface area contributed by atoms with Crippen molar-refractivity contribution in [1.82, 2.24) is 0 Å². The maximum Gasteiger partial charge on any atom is 0.333 e. The molecule has 0 spiro atoms. The first-order valence-corrected chi connectivity index (χ1v) is 5.51. The minimum Gasteiger partial charge on any atom is -0.466 e. The second-order valence-corrected chi connectivity index (χ2v) is 3.71. The second kappa shape index (κ2) is 5.34. The van der Waals surface area contributed by atoms with Crippen LogP contribution < -0.4 is 0 Å². The Morgan fingerprint density at radius 2 is 2.12 bits per heavy atom. The molecule has 1 aromatic rings. The van der Waals surface area contributed by atoms with Crippen molar-refractivity contribution in [3.63, 3.8) is 0 Å². The Morgan fingerprint density at radius 1 is 1.35 bits per heavy atom. The summed E-state index contributed by atoms with van der Waals surface area (Å²) in [4.78, 5) is 11.1. The van der Waals surface area contributed by atoms with Crippen LogP contribution in [0.25, 0.3) is 5.76 Å². The van der Waals surface area contributed by atoms with E-state index in [9.17, 15) is 4.79 Å². The lowest BCUT2D eigenvalue weighted by Crippen LogP contribution is -2.03. The lowest BCUT2D eigenvalue weighted by atomic mass is 10.1. The molecule has 88 valence electrons. The maximum absolute atomic E-state index is 11.1. The Hall–Kier alpha value is -2.03. The third-order valence-corrected chi connectivity index (χ3v) is 2.50. The van der Waals surface area contributed by atoms with Crippen LogP contribution in [0.5, 0.6) is 0 Å². The van der Waals surface area contributed by atoms with E-state index in [0.717, 1.165) is 24.2 Å². The molecule has 0 radical (unpaired) electrons. The lowest BCUT2D eigenvalue weighted by molar-refractivity contribution is -0.135. The smallest absolute Gasteiger partial charge is 0.333 e. The molecule has 17 heavy (non-hydrogen) atoms. The average Bonchev–Trinajstić information content (AvgIpc) is 2.40. The predicted molar refractivity (Wildman–Crippen MR) is 64.8 cm³/mol.